The van der Waals surface area contributed by atoms with Crippen LogP contribution < -0.4 is 5.14 Å². The molecule has 12 heavy (non-hydrogen) atoms. The van der Waals surface area contributed by atoms with Crippen molar-refractivity contribution in [1.29, 1.82) is 0 Å². The van der Waals surface area contributed by atoms with Crippen LogP contribution in [0.25, 0.3) is 4.85 Å². The predicted octanol–water partition coefficient (Wildman–Crippen LogP) is 0.280. The Morgan fingerprint density at radius 1 is 1.50 bits per heavy atom. The molecule has 0 atom stereocenters. The second-order valence-electron chi connectivity index (χ2n) is 2.01. The van der Waals surface area contributed by atoms with E-state index in [1.165, 1.54) is 12.1 Å². The number of hydrogen-bond donors (Lipinski definition) is 1. The lowest BCUT2D eigenvalue weighted by Gasteiger charge is -1.93. The third kappa shape index (κ3) is 1.78. The highest BCUT2D eigenvalue weighted by atomic mass is 32.2. The van der Waals surface area contributed by atoms with Crippen molar-refractivity contribution in [2.24, 2.45) is 5.14 Å². The van der Waals surface area contributed by atoms with E-state index in [0.717, 1.165) is 6.20 Å². The lowest BCUT2D eigenvalue weighted by atomic mass is 10.5. The first-order chi connectivity index (χ1) is 5.54. The van der Waals surface area contributed by atoms with Crippen LogP contribution in [-0.2, 0) is 10.0 Å². The molecule has 0 spiro atoms. The van der Waals surface area contributed by atoms with Crippen LogP contribution in [0.4, 0.5) is 5.82 Å². The van der Waals surface area contributed by atoms with Gasteiger partial charge in [0.05, 0.1) is 0 Å². The maximum Gasteiger partial charge on any atom is 0.269 e. The summed E-state index contributed by atoms with van der Waals surface area (Å²) in [6, 6.07) is 2.54. The number of sulfonamides is 1. The Balaban J connectivity index is 3.20. The predicted molar refractivity (Wildman–Crippen MR) is 41.9 cm³/mol. The average molecular weight is 183 g/mol. The Kier molecular flexibility index (Phi) is 2.08. The summed E-state index contributed by atoms with van der Waals surface area (Å²) in [4.78, 5) is 6.46. The number of nitrogens with zero attached hydrogens (tertiary/aromatic N) is 2. The monoisotopic (exact) mass is 183 g/mol. The Labute approximate surface area is 69.7 Å². The Hall–Kier alpha value is -1.45. The third-order valence-corrected chi connectivity index (χ3v) is 2.06. The van der Waals surface area contributed by atoms with Gasteiger partial charge in [0, 0.05) is 0 Å². The van der Waals surface area contributed by atoms with Crippen LogP contribution in [-0.4, -0.2) is 13.4 Å². The highest BCUT2D eigenvalue weighted by Crippen LogP contribution is 2.10. The number of nitrogens with two attached hydrogens (primary N) is 1. The van der Waals surface area contributed by atoms with Gasteiger partial charge in [-0.25, -0.2) is 13.6 Å². The Morgan fingerprint density at radius 2 is 2.17 bits per heavy atom. The molecule has 62 valence electrons. The second kappa shape index (κ2) is 2.89. The van der Waals surface area contributed by atoms with E-state index in [-0.39, 0.29) is 10.7 Å². The minimum atomic E-state index is -3.69. The van der Waals surface area contributed by atoms with E-state index >= 15 is 0 Å². The highest BCUT2D eigenvalue weighted by Gasteiger charge is 2.08. The van der Waals surface area contributed by atoms with Crippen molar-refractivity contribution in [2.75, 3.05) is 0 Å². The van der Waals surface area contributed by atoms with E-state index < -0.39 is 10.0 Å². The fourth-order valence-corrected chi connectivity index (χ4v) is 1.06. The molecule has 1 aromatic heterocycles. The van der Waals surface area contributed by atoms with Gasteiger partial charge < -0.3 is 4.85 Å². The summed E-state index contributed by atoms with van der Waals surface area (Å²) in [5, 5.41) is 4.80. The van der Waals surface area contributed by atoms with Gasteiger partial charge >= 0.3 is 0 Å². The van der Waals surface area contributed by atoms with Gasteiger partial charge in [-0.1, -0.05) is 6.57 Å². The van der Waals surface area contributed by atoms with Crippen molar-refractivity contribution in [3.8, 4) is 0 Å². The van der Waals surface area contributed by atoms with Crippen molar-refractivity contribution in [2.45, 2.75) is 4.90 Å². The number of rotatable bonds is 1. The molecule has 0 saturated carbocycles. The average Bonchev–Trinajstić information content (AvgIpc) is 2.03. The summed E-state index contributed by atoms with van der Waals surface area (Å²) >= 11 is 0. The van der Waals surface area contributed by atoms with Gasteiger partial charge in [-0.05, 0) is 12.1 Å². The minimum Gasteiger partial charge on any atom is -0.361 e. The van der Waals surface area contributed by atoms with Crippen molar-refractivity contribution in [3.05, 3.63) is 29.7 Å². The zero-order valence-electron chi connectivity index (χ0n) is 5.93. The van der Waals surface area contributed by atoms with Gasteiger partial charge in [0.15, 0.2) is 0 Å². The summed E-state index contributed by atoms with van der Waals surface area (Å²) in [5.74, 6) is 0.141. The first kappa shape index (κ1) is 8.64. The van der Waals surface area contributed by atoms with Crippen LogP contribution in [0.5, 0.6) is 0 Å². The number of primary sulfonamides is 1. The molecule has 0 saturated heterocycles. The van der Waals surface area contributed by atoms with Crippen LogP contribution in [0.15, 0.2) is 23.2 Å². The molecule has 0 aliphatic carbocycles. The van der Waals surface area contributed by atoms with Gasteiger partial charge in [0.2, 0.25) is 10.0 Å². The molecule has 6 heteroatoms. The summed E-state index contributed by atoms with van der Waals surface area (Å²) in [6.45, 7) is 6.55. The molecule has 0 aliphatic heterocycles. The maximum absolute atomic E-state index is 10.7. The van der Waals surface area contributed by atoms with Gasteiger partial charge in [0.1, 0.15) is 11.1 Å². The maximum atomic E-state index is 10.7. The fourth-order valence-electron chi connectivity index (χ4n) is 0.607. The van der Waals surface area contributed by atoms with E-state index in [9.17, 15) is 8.42 Å². The lowest BCUT2D eigenvalue weighted by Crippen LogP contribution is -2.11. The zero-order valence-corrected chi connectivity index (χ0v) is 6.75. The first-order valence-corrected chi connectivity index (χ1v) is 4.45. The second-order valence-corrected chi connectivity index (χ2v) is 3.57. The number of hydrogen-bond acceptors (Lipinski definition) is 3. The molecule has 1 aromatic rings. The molecule has 0 amide bonds. The molecule has 0 bridgehead atoms. The van der Waals surface area contributed by atoms with E-state index in [1.54, 1.807) is 0 Å². The molecule has 0 unspecified atom stereocenters. The molecule has 1 heterocycles. The molecule has 5 nitrogen and oxygen atoms in total. The number of pyridine rings is 1. The zero-order chi connectivity index (χ0) is 9.19. The standard InChI is InChI=1S/C6H5N3O2S/c1-8-6-3-2-5(4-9-6)12(7,10)11/h2-4H,(H2,7,10,11). The molecular formula is C6H5N3O2S. The van der Waals surface area contributed by atoms with Crippen LogP contribution in [0.2, 0.25) is 0 Å². The van der Waals surface area contributed by atoms with Gasteiger partial charge in [0.25, 0.3) is 5.82 Å². The van der Waals surface area contributed by atoms with E-state index in [0.29, 0.717) is 0 Å². The van der Waals surface area contributed by atoms with Crippen LogP contribution >= 0.6 is 0 Å². The first-order valence-electron chi connectivity index (χ1n) is 2.90. The third-order valence-electron chi connectivity index (χ3n) is 1.16. The van der Waals surface area contributed by atoms with Gasteiger partial charge in [-0.2, -0.15) is 0 Å². The molecule has 0 fully saturated rings. The summed E-state index contributed by atoms with van der Waals surface area (Å²) in [7, 11) is -3.69. The van der Waals surface area contributed by atoms with Crippen molar-refractivity contribution < 1.29 is 8.42 Å². The topological polar surface area (TPSA) is 77.4 Å². The van der Waals surface area contributed by atoms with Crippen LogP contribution in [0.1, 0.15) is 0 Å². The van der Waals surface area contributed by atoms with Gasteiger partial charge in [-0.15, -0.1) is 4.98 Å². The number of aromatic nitrogens is 1. The molecule has 1 rings (SSSR count). The summed E-state index contributed by atoms with van der Waals surface area (Å²) < 4.78 is 21.4. The van der Waals surface area contributed by atoms with Crippen molar-refractivity contribution in [1.82, 2.24) is 4.98 Å². The van der Waals surface area contributed by atoms with E-state index in [4.69, 9.17) is 11.7 Å². The quantitative estimate of drug-likeness (QED) is 0.635. The normalized spacial score (nSPS) is 10.7. The van der Waals surface area contributed by atoms with Crippen molar-refractivity contribution in [3.63, 3.8) is 0 Å². The summed E-state index contributed by atoms with van der Waals surface area (Å²) in [5.41, 5.74) is 0. The van der Waals surface area contributed by atoms with E-state index in [2.05, 4.69) is 9.83 Å². The Morgan fingerprint density at radius 3 is 2.50 bits per heavy atom. The lowest BCUT2D eigenvalue weighted by molar-refractivity contribution is 0.597. The smallest absolute Gasteiger partial charge is 0.269 e. The van der Waals surface area contributed by atoms with Crippen LogP contribution in [0.3, 0.4) is 0 Å². The summed E-state index contributed by atoms with van der Waals surface area (Å²) in [6.07, 6.45) is 1.06. The molecular weight excluding hydrogens is 178 g/mol. The minimum absolute atomic E-state index is 0.0881. The van der Waals surface area contributed by atoms with Gasteiger partial charge in [-0.3, -0.25) is 0 Å². The molecule has 0 radical (unpaired) electrons. The fraction of sp³-hybridized carbons (Fsp3) is 0. The highest BCUT2D eigenvalue weighted by molar-refractivity contribution is 7.89. The Bertz CT molecular complexity index is 415. The SMILES string of the molecule is [C-]#[N+]c1ccc(S(N)(=O)=O)cn1. The largest absolute Gasteiger partial charge is 0.361 e. The molecule has 2 N–H and O–H groups in total. The molecule has 0 aliphatic rings. The van der Waals surface area contributed by atoms with Crippen LogP contribution in [0, 0.1) is 6.57 Å². The van der Waals surface area contributed by atoms with Crippen molar-refractivity contribution >= 4 is 15.8 Å². The van der Waals surface area contributed by atoms with E-state index in [1.807, 2.05) is 0 Å². The molecule has 0 aromatic carbocycles.